The van der Waals surface area contributed by atoms with Gasteiger partial charge in [0, 0.05) is 24.6 Å². The quantitative estimate of drug-likeness (QED) is 0.490. The number of ether oxygens (including phenoxy) is 2. The van der Waals surface area contributed by atoms with Gasteiger partial charge >= 0.3 is 0 Å². The van der Waals surface area contributed by atoms with E-state index < -0.39 is 10.0 Å². The zero-order chi connectivity index (χ0) is 24.1. The number of hydrogen-bond donors (Lipinski definition) is 1. The van der Waals surface area contributed by atoms with Gasteiger partial charge in [0.05, 0.1) is 18.5 Å². The number of aromatic nitrogens is 2. The van der Waals surface area contributed by atoms with E-state index in [0.717, 1.165) is 17.4 Å². The lowest BCUT2D eigenvalue weighted by molar-refractivity contribution is -0.121. The summed E-state index contributed by atoms with van der Waals surface area (Å²) in [4.78, 5) is 16.6. The molecule has 11 heteroatoms. The van der Waals surface area contributed by atoms with Gasteiger partial charge in [-0.3, -0.25) is 9.10 Å². The maximum absolute atomic E-state index is 12.3. The van der Waals surface area contributed by atoms with Crippen LogP contribution in [0.3, 0.4) is 0 Å². The number of amides is 1. The highest BCUT2D eigenvalue weighted by Gasteiger charge is 2.21. The molecule has 1 aliphatic heterocycles. The van der Waals surface area contributed by atoms with E-state index in [0.29, 0.717) is 42.6 Å². The van der Waals surface area contributed by atoms with E-state index in [-0.39, 0.29) is 31.3 Å². The lowest BCUT2D eigenvalue weighted by atomic mass is 10.1. The fourth-order valence-corrected chi connectivity index (χ4v) is 4.42. The molecule has 1 aromatic heterocycles. The molecule has 0 spiro atoms. The Balaban J connectivity index is 1.29. The average molecular weight is 487 g/mol. The first-order chi connectivity index (χ1) is 16.3. The van der Waals surface area contributed by atoms with Crippen LogP contribution in [0.4, 0.5) is 5.69 Å². The molecule has 34 heavy (non-hydrogen) atoms. The zero-order valence-corrected chi connectivity index (χ0v) is 19.8. The van der Waals surface area contributed by atoms with Crippen molar-refractivity contribution >= 4 is 21.6 Å². The van der Waals surface area contributed by atoms with Gasteiger partial charge < -0.3 is 19.3 Å². The van der Waals surface area contributed by atoms with Crippen LogP contribution in [-0.4, -0.2) is 50.5 Å². The lowest BCUT2D eigenvalue weighted by Gasteiger charge is -2.25. The summed E-state index contributed by atoms with van der Waals surface area (Å²) in [5.74, 6) is 1.57. The number of aryl methyl sites for hydroxylation is 1. The van der Waals surface area contributed by atoms with Crippen molar-refractivity contribution in [1.29, 1.82) is 0 Å². The van der Waals surface area contributed by atoms with Gasteiger partial charge in [-0.15, -0.1) is 0 Å². The molecule has 0 fully saturated rings. The molecule has 10 nitrogen and oxygen atoms in total. The van der Waals surface area contributed by atoms with E-state index >= 15 is 0 Å². The molecule has 0 atom stereocenters. The topological polar surface area (TPSA) is 124 Å². The van der Waals surface area contributed by atoms with Gasteiger partial charge in [-0.2, -0.15) is 4.98 Å². The van der Waals surface area contributed by atoms with Crippen molar-refractivity contribution in [2.75, 3.05) is 30.3 Å². The van der Waals surface area contributed by atoms with Crippen molar-refractivity contribution < 1.29 is 27.2 Å². The average Bonchev–Trinajstić information content (AvgIpc) is 3.29. The molecule has 1 N–H and O–H groups in total. The molecule has 0 radical (unpaired) electrons. The van der Waals surface area contributed by atoms with Crippen LogP contribution in [0.15, 0.2) is 47.0 Å². The van der Waals surface area contributed by atoms with Crippen molar-refractivity contribution in [3.63, 3.8) is 0 Å². The van der Waals surface area contributed by atoms with Crippen molar-refractivity contribution in [3.8, 4) is 22.9 Å². The van der Waals surface area contributed by atoms with Crippen LogP contribution in [0.25, 0.3) is 11.4 Å². The maximum atomic E-state index is 12.3. The molecule has 2 heterocycles. The Labute approximate surface area is 197 Å². The normalized spacial score (nSPS) is 12.9. The zero-order valence-electron chi connectivity index (χ0n) is 19.0. The second-order valence-electron chi connectivity index (χ2n) is 7.92. The van der Waals surface area contributed by atoms with E-state index in [4.69, 9.17) is 14.0 Å². The third kappa shape index (κ3) is 5.84. The van der Waals surface area contributed by atoms with Gasteiger partial charge in [-0.25, -0.2) is 8.42 Å². The molecular weight excluding hydrogens is 460 g/mol. The van der Waals surface area contributed by atoms with E-state index in [1.54, 1.807) is 18.2 Å². The standard InChI is InChI=1S/C23H26N4O6S/c1-16-5-7-17(8-6-16)23-25-22(33-26-23)15-24-21(28)4-3-11-27(34(2,29)30)18-9-10-19-20(14-18)32-13-12-31-19/h5-10,14H,3-4,11-13,15H2,1-2H3,(H,24,28). The summed E-state index contributed by atoms with van der Waals surface area (Å²) in [6.45, 7) is 3.09. The van der Waals surface area contributed by atoms with Gasteiger partial charge in [-0.1, -0.05) is 35.0 Å². The van der Waals surface area contributed by atoms with Crippen LogP contribution in [0.5, 0.6) is 11.5 Å². The van der Waals surface area contributed by atoms with E-state index in [2.05, 4.69) is 15.5 Å². The monoisotopic (exact) mass is 486 g/mol. The molecule has 2 aromatic carbocycles. The van der Waals surface area contributed by atoms with Crippen LogP contribution < -0.4 is 19.1 Å². The minimum absolute atomic E-state index is 0.0929. The molecule has 3 aromatic rings. The second-order valence-corrected chi connectivity index (χ2v) is 9.83. The third-order valence-corrected chi connectivity index (χ3v) is 6.39. The fraction of sp³-hybridized carbons (Fsp3) is 0.348. The SMILES string of the molecule is Cc1ccc(-c2noc(CNC(=O)CCCN(c3ccc4c(c3)OCCO4)S(C)(=O)=O)n2)cc1. The Hall–Kier alpha value is -3.60. The van der Waals surface area contributed by atoms with Gasteiger partial charge in [0.2, 0.25) is 27.6 Å². The fourth-order valence-electron chi connectivity index (χ4n) is 3.47. The molecule has 4 rings (SSSR count). The van der Waals surface area contributed by atoms with Gasteiger partial charge in [0.25, 0.3) is 0 Å². The van der Waals surface area contributed by atoms with Crippen LogP contribution >= 0.6 is 0 Å². The lowest BCUT2D eigenvalue weighted by Crippen LogP contribution is -2.32. The summed E-state index contributed by atoms with van der Waals surface area (Å²) in [5.41, 5.74) is 2.41. The smallest absolute Gasteiger partial charge is 0.246 e. The molecule has 0 aliphatic carbocycles. The number of anilines is 1. The molecule has 0 unspecified atom stereocenters. The minimum atomic E-state index is -3.55. The Bertz CT molecular complexity index is 1260. The van der Waals surface area contributed by atoms with Crippen LogP contribution in [0, 0.1) is 6.92 Å². The van der Waals surface area contributed by atoms with E-state index in [1.807, 2.05) is 31.2 Å². The predicted octanol–water partition coefficient (Wildman–Crippen LogP) is 2.68. The van der Waals surface area contributed by atoms with Gasteiger partial charge in [-0.05, 0) is 25.5 Å². The van der Waals surface area contributed by atoms with Crippen molar-refractivity contribution in [3.05, 3.63) is 53.9 Å². The number of carbonyl (C=O) groups is 1. The maximum Gasteiger partial charge on any atom is 0.246 e. The first-order valence-corrected chi connectivity index (χ1v) is 12.7. The summed E-state index contributed by atoms with van der Waals surface area (Å²) in [7, 11) is -3.55. The molecule has 0 bridgehead atoms. The number of nitrogens with one attached hydrogen (secondary N) is 1. The van der Waals surface area contributed by atoms with E-state index in [9.17, 15) is 13.2 Å². The summed E-state index contributed by atoms with van der Waals surface area (Å²) in [6.07, 6.45) is 1.59. The van der Waals surface area contributed by atoms with Crippen LogP contribution in [-0.2, 0) is 21.4 Å². The van der Waals surface area contributed by atoms with Crippen LogP contribution in [0.2, 0.25) is 0 Å². The molecule has 0 saturated heterocycles. The summed E-state index contributed by atoms with van der Waals surface area (Å²) >= 11 is 0. The van der Waals surface area contributed by atoms with E-state index in [1.165, 1.54) is 4.31 Å². The number of fused-ring (bicyclic) bond motifs is 1. The number of carbonyl (C=O) groups excluding carboxylic acids is 1. The predicted molar refractivity (Wildman–Crippen MR) is 125 cm³/mol. The summed E-state index contributed by atoms with van der Waals surface area (Å²) in [5, 5.41) is 6.67. The molecule has 1 amide bonds. The molecule has 0 saturated carbocycles. The highest BCUT2D eigenvalue weighted by atomic mass is 32.2. The highest BCUT2D eigenvalue weighted by molar-refractivity contribution is 7.92. The second kappa shape index (κ2) is 10.1. The Morgan fingerprint density at radius 3 is 2.56 bits per heavy atom. The molecular formula is C23H26N4O6S. The Morgan fingerprint density at radius 2 is 1.82 bits per heavy atom. The first kappa shape index (κ1) is 23.6. The minimum Gasteiger partial charge on any atom is -0.486 e. The number of benzene rings is 2. The van der Waals surface area contributed by atoms with Crippen LogP contribution in [0.1, 0.15) is 24.3 Å². The van der Waals surface area contributed by atoms with Crippen molar-refractivity contribution in [2.45, 2.75) is 26.3 Å². The van der Waals surface area contributed by atoms with Gasteiger partial charge in [0.15, 0.2) is 11.5 Å². The number of hydrogen-bond acceptors (Lipinski definition) is 8. The first-order valence-electron chi connectivity index (χ1n) is 10.8. The summed E-state index contributed by atoms with van der Waals surface area (Å²) in [6, 6.07) is 12.7. The largest absolute Gasteiger partial charge is 0.486 e. The number of sulfonamides is 1. The Morgan fingerprint density at radius 1 is 1.09 bits per heavy atom. The number of nitrogens with zero attached hydrogens (tertiary/aromatic N) is 3. The molecule has 180 valence electrons. The van der Waals surface area contributed by atoms with Crippen molar-refractivity contribution in [1.82, 2.24) is 15.5 Å². The third-order valence-electron chi connectivity index (χ3n) is 5.19. The summed E-state index contributed by atoms with van der Waals surface area (Å²) < 4.78 is 42.2. The molecule has 1 aliphatic rings. The number of rotatable bonds is 9. The van der Waals surface area contributed by atoms with Crippen molar-refractivity contribution in [2.24, 2.45) is 0 Å². The van der Waals surface area contributed by atoms with Gasteiger partial charge in [0.1, 0.15) is 13.2 Å². The highest BCUT2D eigenvalue weighted by Crippen LogP contribution is 2.34. The Kier molecular flexibility index (Phi) is 7.01.